The minimum Gasteiger partial charge on any atom is -0.334 e. The van der Waals surface area contributed by atoms with E-state index in [0.717, 1.165) is 23.6 Å². The molecule has 4 rings (SSSR count). The highest BCUT2D eigenvalue weighted by atomic mass is 35.5. The van der Waals surface area contributed by atoms with Gasteiger partial charge in [-0.15, -0.1) is 0 Å². The molecule has 1 aliphatic rings. The fraction of sp³-hybridized carbons (Fsp3) is 0.130. The predicted molar refractivity (Wildman–Crippen MR) is 117 cm³/mol. The number of fused-ring (bicyclic) bond motifs is 1. The number of nitro benzene ring substituents is 1. The van der Waals surface area contributed by atoms with Crippen LogP contribution in [0.1, 0.15) is 31.8 Å². The van der Waals surface area contributed by atoms with E-state index in [4.69, 9.17) is 11.6 Å². The number of benzene rings is 3. The topological polar surface area (TPSA) is 92.6 Å². The Balaban J connectivity index is 1.51. The Hall–Kier alpha value is -3.71. The van der Waals surface area contributed by atoms with Gasteiger partial charge in [0.2, 0.25) is 0 Å². The van der Waals surface area contributed by atoms with Crippen molar-refractivity contribution in [2.24, 2.45) is 0 Å². The Kier molecular flexibility index (Phi) is 5.68. The van der Waals surface area contributed by atoms with Gasteiger partial charge < -0.3 is 10.2 Å². The molecule has 0 aliphatic carbocycles. The lowest BCUT2D eigenvalue weighted by molar-refractivity contribution is -0.384. The van der Waals surface area contributed by atoms with Crippen LogP contribution in [0.4, 0.5) is 11.4 Å². The number of nitrogens with zero attached hydrogens (tertiary/aromatic N) is 2. The highest BCUT2D eigenvalue weighted by molar-refractivity contribution is 6.32. The molecule has 31 heavy (non-hydrogen) atoms. The van der Waals surface area contributed by atoms with Crippen LogP contribution >= 0.6 is 11.6 Å². The molecule has 0 bridgehead atoms. The van der Waals surface area contributed by atoms with Gasteiger partial charge in [-0.25, -0.2) is 0 Å². The second-order valence-corrected chi connectivity index (χ2v) is 7.61. The molecule has 3 aromatic rings. The van der Waals surface area contributed by atoms with Gasteiger partial charge in [0.1, 0.15) is 5.02 Å². The van der Waals surface area contributed by atoms with E-state index in [1.165, 1.54) is 12.1 Å². The van der Waals surface area contributed by atoms with Crippen LogP contribution in [0.15, 0.2) is 66.7 Å². The van der Waals surface area contributed by atoms with E-state index in [-0.39, 0.29) is 22.2 Å². The largest absolute Gasteiger partial charge is 0.334 e. The molecular formula is C23H18ClN3O4. The molecule has 7 nitrogen and oxygen atoms in total. The highest BCUT2D eigenvalue weighted by Crippen LogP contribution is 2.27. The van der Waals surface area contributed by atoms with E-state index in [1.807, 2.05) is 30.3 Å². The van der Waals surface area contributed by atoms with Crippen molar-refractivity contribution >= 4 is 34.8 Å². The third-order valence-corrected chi connectivity index (χ3v) is 5.51. The minimum absolute atomic E-state index is 0.0292. The number of nitro groups is 1. The van der Waals surface area contributed by atoms with Crippen LogP contribution in [0.3, 0.4) is 0 Å². The molecule has 0 saturated carbocycles. The fourth-order valence-corrected chi connectivity index (χ4v) is 3.76. The number of nitrogens with one attached hydrogen (secondary N) is 1. The quantitative estimate of drug-likeness (QED) is 0.475. The number of carbonyl (C=O) groups is 2. The Morgan fingerprint density at radius 1 is 0.968 bits per heavy atom. The molecule has 1 heterocycles. The van der Waals surface area contributed by atoms with Crippen LogP contribution in [0.25, 0.3) is 0 Å². The Morgan fingerprint density at radius 3 is 2.48 bits per heavy atom. The van der Waals surface area contributed by atoms with Crippen LogP contribution in [-0.4, -0.2) is 28.2 Å². The first-order valence-electron chi connectivity index (χ1n) is 9.64. The summed E-state index contributed by atoms with van der Waals surface area (Å²) in [5.74, 6) is -0.512. The molecule has 8 heteroatoms. The molecule has 1 aliphatic heterocycles. The summed E-state index contributed by atoms with van der Waals surface area (Å²) in [5.41, 5.74) is 3.08. The van der Waals surface area contributed by atoms with Gasteiger partial charge in [-0.3, -0.25) is 19.7 Å². The molecule has 0 aromatic heterocycles. The van der Waals surface area contributed by atoms with Crippen molar-refractivity contribution in [2.45, 2.75) is 13.0 Å². The van der Waals surface area contributed by atoms with E-state index < -0.39 is 10.8 Å². The first-order chi connectivity index (χ1) is 14.9. The Bertz CT molecular complexity index is 1180. The number of hydrogen-bond donors (Lipinski definition) is 1. The zero-order valence-electron chi connectivity index (χ0n) is 16.4. The summed E-state index contributed by atoms with van der Waals surface area (Å²) < 4.78 is 0. The lowest BCUT2D eigenvalue weighted by Gasteiger charge is -2.29. The average Bonchev–Trinajstić information content (AvgIpc) is 2.78. The van der Waals surface area contributed by atoms with Gasteiger partial charge in [0.05, 0.1) is 4.92 Å². The summed E-state index contributed by atoms with van der Waals surface area (Å²) in [4.78, 5) is 37.6. The molecule has 0 saturated heterocycles. The molecule has 3 aromatic carbocycles. The van der Waals surface area contributed by atoms with Crippen molar-refractivity contribution in [3.8, 4) is 0 Å². The SMILES string of the molecule is O=C(Nc1ccc2c(c1)CN(C(=O)c1ccccc1)CC2)c1ccc(Cl)c([N+](=O)[O-])c1. The molecule has 0 spiro atoms. The zero-order chi connectivity index (χ0) is 22.0. The highest BCUT2D eigenvalue weighted by Gasteiger charge is 2.22. The third-order valence-electron chi connectivity index (χ3n) is 5.19. The summed E-state index contributed by atoms with van der Waals surface area (Å²) >= 11 is 5.81. The van der Waals surface area contributed by atoms with Gasteiger partial charge in [-0.2, -0.15) is 0 Å². The number of hydrogen-bond acceptors (Lipinski definition) is 4. The molecule has 2 amide bonds. The van der Waals surface area contributed by atoms with Crippen LogP contribution < -0.4 is 5.32 Å². The van der Waals surface area contributed by atoms with E-state index in [9.17, 15) is 19.7 Å². The van der Waals surface area contributed by atoms with Gasteiger partial charge in [0.15, 0.2) is 0 Å². The maximum atomic E-state index is 12.8. The number of halogens is 1. The summed E-state index contributed by atoms with van der Waals surface area (Å²) in [5, 5.41) is 13.8. The fourth-order valence-electron chi connectivity index (χ4n) is 3.57. The number of amides is 2. The van der Waals surface area contributed by atoms with E-state index in [1.54, 1.807) is 23.1 Å². The van der Waals surface area contributed by atoms with Crippen molar-refractivity contribution < 1.29 is 14.5 Å². The first kappa shape index (κ1) is 20.6. The van der Waals surface area contributed by atoms with E-state index in [0.29, 0.717) is 24.3 Å². The molecular weight excluding hydrogens is 418 g/mol. The van der Waals surface area contributed by atoms with Gasteiger partial charge in [-0.05, 0) is 53.9 Å². The monoisotopic (exact) mass is 435 g/mol. The van der Waals surface area contributed by atoms with Crippen LogP contribution in [-0.2, 0) is 13.0 Å². The third kappa shape index (κ3) is 4.41. The predicted octanol–water partition coefficient (Wildman–Crippen LogP) is 4.70. The second-order valence-electron chi connectivity index (χ2n) is 7.20. The van der Waals surface area contributed by atoms with Crippen molar-refractivity contribution in [1.82, 2.24) is 4.90 Å². The van der Waals surface area contributed by atoms with Gasteiger partial charge in [0.25, 0.3) is 17.5 Å². The molecule has 0 unspecified atom stereocenters. The summed E-state index contributed by atoms with van der Waals surface area (Å²) in [7, 11) is 0. The van der Waals surface area contributed by atoms with E-state index in [2.05, 4.69) is 5.32 Å². The Morgan fingerprint density at radius 2 is 1.74 bits per heavy atom. The smallest absolute Gasteiger partial charge is 0.288 e. The molecule has 0 radical (unpaired) electrons. The van der Waals surface area contributed by atoms with Crippen LogP contribution in [0.5, 0.6) is 0 Å². The van der Waals surface area contributed by atoms with Crippen molar-refractivity contribution in [3.05, 3.63) is 104 Å². The van der Waals surface area contributed by atoms with Gasteiger partial charge >= 0.3 is 0 Å². The van der Waals surface area contributed by atoms with Crippen molar-refractivity contribution in [1.29, 1.82) is 0 Å². The molecule has 0 atom stereocenters. The van der Waals surface area contributed by atoms with Crippen LogP contribution in [0.2, 0.25) is 5.02 Å². The van der Waals surface area contributed by atoms with Crippen LogP contribution in [0, 0.1) is 10.1 Å². The second kappa shape index (κ2) is 8.57. The Labute approximate surface area is 183 Å². The lowest BCUT2D eigenvalue weighted by Crippen LogP contribution is -2.36. The summed E-state index contributed by atoms with van der Waals surface area (Å²) in [6, 6.07) is 18.6. The molecule has 1 N–H and O–H groups in total. The zero-order valence-corrected chi connectivity index (χ0v) is 17.1. The number of rotatable bonds is 4. The normalized spacial score (nSPS) is 12.7. The first-order valence-corrected chi connectivity index (χ1v) is 10.0. The maximum Gasteiger partial charge on any atom is 0.288 e. The van der Waals surface area contributed by atoms with Crippen molar-refractivity contribution in [3.63, 3.8) is 0 Å². The van der Waals surface area contributed by atoms with Gasteiger partial charge in [0, 0.05) is 36.0 Å². The van der Waals surface area contributed by atoms with E-state index >= 15 is 0 Å². The standard InChI is InChI=1S/C23H18ClN3O4/c24-20-9-7-17(13-21(20)27(30)31)22(28)25-19-8-6-15-10-11-26(14-18(15)12-19)23(29)16-4-2-1-3-5-16/h1-9,12-13H,10-11,14H2,(H,25,28). The maximum absolute atomic E-state index is 12.8. The lowest BCUT2D eigenvalue weighted by atomic mass is 9.98. The van der Waals surface area contributed by atoms with Crippen molar-refractivity contribution in [2.75, 3.05) is 11.9 Å². The summed E-state index contributed by atoms with van der Waals surface area (Å²) in [6.45, 7) is 1.07. The summed E-state index contributed by atoms with van der Waals surface area (Å²) in [6.07, 6.45) is 0.728. The minimum atomic E-state index is -0.629. The molecule has 0 fully saturated rings. The number of carbonyl (C=O) groups excluding carboxylic acids is 2. The molecule has 156 valence electrons. The average molecular weight is 436 g/mol. The number of anilines is 1. The van der Waals surface area contributed by atoms with Gasteiger partial charge in [-0.1, -0.05) is 35.9 Å².